The lowest BCUT2D eigenvalue weighted by Crippen LogP contribution is -2.35. The molecule has 1 fully saturated rings. The Kier molecular flexibility index (Phi) is 9.38. The van der Waals surface area contributed by atoms with Crippen LogP contribution in [0.4, 0.5) is 0 Å². The SMILES string of the molecule is C[C@H]1CCCC[C@@H]1OC[C@@H](O)CNCCOCCO. The highest BCUT2D eigenvalue weighted by Gasteiger charge is 2.22. The Labute approximate surface area is 116 Å². The summed E-state index contributed by atoms with van der Waals surface area (Å²) in [5.41, 5.74) is 0. The molecule has 5 nitrogen and oxygen atoms in total. The number of aliphatic hydroxyl groups excluding tert-OH is 2. The summed E-state index contributed by atoms with van der Waals surface area (Å²) in [7, 11) is 0. The first kappa shape index (κ1) is 16.9. The van der Waals surface area contributed by atoms with Crippen molar-refractivity contribution in [2.24, 2.45) is 5.92 Å². The van der Waals surface area contributed by atoms with Crippen LogP contribution in [0, 0.1) is 5.92 Å². The second-order valence-electron chi connectivity index (χ2n) is 5.33. The van der Waals surface area contributed by atoms with Crippen LogP contribution in [0.15, 0.2) is 0 Å². The van der Waals surface area contributed by atoms with Gasteiger partial charge in [-0.3, -0.25) is 0 Å². The van der Waals surface area contributed by atoms with Gasteiger partial charge in [0.25, 0.3) is 0 Å². The molecule has 0 aromatic heterocycles. The van der Waals surface area contributed by atoms with Crippen LogP contribution in [-0.2, 0) is 9.47 Å². The van der Waals surface area contributed by atoms with Crippen LogP contribution in [0.25, 0.3) is 0 Å². The molecule has 0 aromatic rings. The average Bonchev–Trinajstić information content (AvgIpc) is 2.42. The maximum Gasteiger partial charge on any atom is 0.0897 e. The molecule has 1 aliphatic rings. The van der Waals surface area contributed by atoms with E-state index in [1.165, 1.54) is 19.3 Å². The van der Waals surface area contributed by atoms with Gasteiger partial charge in [-0.05, 0) is 18.8 Å². The highest BCUT2D eigenvalue weighted by molar-refractivity contribution is 4.73. The van der Waals surface area contributed by atoms with Gasteiger partial charge in [0.15, 0.2) is 0 Å². The zero-order valence-corrected chi connectivity index (χ0v) is 12.0. The molecule has 0 aliphatic heterocycles. The summed E-state index contributed by atoms with van der Waals surface area (Å²) in [4.78, 5) is 0. The van der Waals surface area contributed by atoms with Crippen LogP contribution in [0.5, 0.6) is 0 Å². The highest BCUT2D eigenvalue weighted by Crippen LogP contribution is 2.26. The molecule has 1 rings (SSSR count). The lowest BCUT2D eigenvalue weighted by molar-refractivity contribution is -0.0453. The molecule has 0 bridgehead atoms. The molecule has 3 atom stereocenters. The van der Waals surface area contributed by atoms with E-state index in [0.29, 0.717) is 44.9 Å². The van der Waals surface area contributed by atoms with E-state index in [1.54, 1.807) is 0 Å². The van der Waals surface area contributed by atoms with Gasteiger partial charge in [0.1, 0.15) is 0 Å². The number of nitrogens with one attached hydrogen (secondary N) is 1. The number of hydrogen-bond donors (Lipinski definition) is 3. The van der Waals surface area contributed by atoms with E-state index < -0.39 is 6.10 Å². The van der Waals surface area contributed by atoms with Crippen LogP contribution in [-0.4, -0.2) is 61.9 Å². The Morgan fingerprint density at radius 1 is 1.26 bits per heavy atom. The Morgan fingerprint density at radius 2 is 2.05 bits per heavy atom. The van der Waals surface area contributed by atoms with E-state index in [-0.39, 0.29) is 6.61 Å². The van der Waals surface area contributed by atoms with Crippen molar-refractivity contribution in [3.63, 3.8) is 0 Å². The Balaban J connectivity index is 1.96. The van der Waals surface area contributed by atoms with Crippen molar-refractivity contribution in [2.75, 3.05) is 39.5 Å². The third-order valence-corrected chi connectivity index (χ3v) is 3.57. The standard InChI is InChI=1S/C14H29NO4/c1-12-4-2-3-5-14(12)19-11-13(17)10-15-6-8-18-9-7-16/h12-17H,2-11H2,1H3/t12-,13-,14-/m0/s1. The number of ether oxygens (including phenoxy) is 2. The van der Waals surface area contributed by atoms with Gasteiger partial charge >= 0.3 is 0 Å². The van der Waals surface area contributed by atoms with Gasteiger partial charge in [-0.15, -0.1) is 0 Å². The molecule has 0 spiro atoms. The molecule has 0 saturated heterocycles. The van der Waals surface area contributed by atoms with Crippen LogP contribution >= 0.6 is 0 Å². The highest BCUT2D eigenvalue weighted by atomic mass is 16.5. The molecular weight excluding hydrogens is 246 g/mol. The smallest absolute Gasteiger partial charge is 0.0897 e. The van der Waals surface area contributed by atoms with Gasteiger partial charge in [0, 0.05) is 13.1 Å². The van der Waals surface area contributed by atoms with Crippen molar-refractivity contribution in [3.05, 3.63) is 0 Å². The fraction of sp³-hybridized carbons (Fsp3) is 1.00. The van der Waals surface area contributed by atoms with Gasteiger partial charge < -0.3 is 25.0 Å². The van der Waals surface area contributed by atoms with E-state index in [9.17, 15) is 5.11 Å². The molecule has 1 saturated carbocycles. The summed E-state index contributed by atoms with van der Waals surface area (Å²) in [6, 6.07) is 0. The van der Waals surface area contributed by atoms with Crippen LogP contribution in [0.2, 0.25) is 0 Å². The summed E-state index contributed by atoms with van der Waals surface area (Å²) in [5, 5.41) is 21.4. The summed E-state index contributed by atoms with van der Waals surface area (Å²) >= 11 is 0. The predicted molar refractivity (Wildman–Crippen MR) is 74.2 cm³/mol. The van der Waals surface area contributed by atoms with Gasteiger partial charge in [-0.2, -0.15) is 0 Å². The maximum atomic E-state index is 9.80. The molecule has 0 heterocycles. The minimum Gasteiger partial charge on any atom is -0.394 e. The van der Waals surface area contributed by atoms with Gasteiger partial charge in [-0.25, -0.2) is 0 Å². The topological polar surface area (TPSA) is 71.0 Å². The van der Waals surface area contributed by atoms with Crippen molar-refractivity contribution in [1.82, 2.24) is 5.32 Å². The minimum atomic E-state index is -0.466. The zero-order valence-electron chi connectivity index (χ0n) is 12.0. The lowest BCUT2D eigenvalue weighted by Gasteiger charge is -2.29. The Morgan fingerprint density at radius 3 is 2.79 bits per heavy atom. The molecule has 5 heteroatoms. The Bertz CT molecular complexity index is 216. The van der Waals surface area contributed by atoms with E-state index in [2.05, 4.69) is 12.2 Å². The monoisotopic (exact) mass is 275 g/mol. The normalized spacial score (nSPS) is 25.4. The quantitative estimate of drug-likeness (QED) is 0.508. The Hall–Kier alpha value is -0.200. The number of aliphatic hydroxyl groups is 2. The van der Waals surface area contributed by atoms with Crippen LogP contribution < -0.4 is 5.32 Å². The van der Waals surface area contributed by atoms with E-state index in [0.717, 1.165) is 6.42 Å². The number of hydrogen-bond acceptors (Lipinski definition) is 5. The van der Waals surface area contributed by atoms with Crippen molar-refractivity contribution in [2.45, 2.75) is 44.8 Å². The molecule has 0 amide bonds. The fourth-order valence-electron chi connectivity index (χ4n) is 2.40. The third kappa shape index (κ3) is 7.84. The summed E-state index contributed by atoms with van der Waals surface area (Å²) < 4.78 is 10.9. The first-order chi connectivity index (χ1) is 9.24. The van der Waals surface area contributed by atoms with Crippen LogP contribution in [0.3, 0.4) is 0 Å². The van der Waals surface area contributed by atoms with Crippen LogP contribution in [0.1, 0.15) is 32.6 Å². The molecule has 1 aliphatic carbocycles. The van der Waals surface area contributed by atoms with Crippen molar-refractivity contribution in [3.8, 4) is 0 Å². The average molecular weight is 275 g/mol. The minimum absolute atomic E-state index is 0.0516. The third-order valence-electron chi connectivity index (χ3n) is 3.57. The van der Waals surface area contributed by atoms with Crippen molar-refractivity contribution < 1.29 is 19.7 Å². The van der Waals surface area contributed by atoms with E-state index in [1.807, 2.05) is 0 Å². The molecular formula is C14H29NO4. The predicted octanol–water partition coefficient (Wildman–Crippen LogP) is 0.541. The molecule has 114 valence electrons. The lowest BCUT2D eigenvalue weighted by atomic mass is 9.88. The summed E-state index contributed by atoms with van der Waals surface area (Å²) in [6.45, 7) is 4.80. The second kappa shape index (κ2) is 10.6. The van der Waals surface area contributed by atoms with Crippen molar-refractivity contribution in [1.29, 1.82) is 0 Å². The van der Waals surface area contributed by atoms with E-state index in [4.69, 9.17) is 14.6 Å². The first-order valence-electron chi connectivity index (χ1n) is 7.43. The number of rotatable bonds is 10. The summed E-state index contributed by atoms with van der Waals surface area (Å²) in [6.07, 6.45) is 4.76. The van der Waals surface area contributed by atoms with Gasteiger partial charge in [-0.1, -0.05) is 19.8 Å². The van der Waals surface area contributed by atoms with Gasteiger partial charge in [0.2, 0.25) is 0 Å². The van der Waals surface area contributed by atoms with Crippen molar-refractivity contribution >= 4 is 0 Å². The summed E-state index contributed by atoms with van der Waals surface area (Å²) in [5.74, 6) is 0.612. The molecule has 3 N–H and O–H groups in total. The molecule has 0 aromatic carbocycles. The largest absolute Gasteiger partial charge is 0.394 e. The van der Waals surface area contributed by atoms with E-state index >= 15 is 0 Å². The molecule has 0 radical (unpaired) electrons. The fourth-order valence-corrected chi connectivity index (χ4v) is 2.40. The second-order valence-corrected chi connectivity index (χ2v) is 5.33. The molecule has 0 unspecified atom stereocenters. The maximum absolute atomic E-state index is 9.80. The zero-order chi connectivity index (χ0) is 13.9. The molecule has 19 heavy (non-hydrogen) atoms. The first-order valence-corrected chi connectivity index (χ1v) is 7.43. The van der Waals surface area contributed by atoms with Gasteiger partial charge in [0.05, 0.1) is 38.6 Å².